The third kappa shape index (κ3) is 2.95. The second-order valence-electron chi connectivity index (χ2n) is 5.31. The van der Waals surface area contributed by atoms with E-state index in [-0.39, 0.29) is 23.6 Å². The fourth-order valence-electron chi connectivity index (χ4n) is 2.70. The van der Waals surface area contributed by atoms with Crippen LogP contribution in [0.3, 0.4) is 0 Å². The molecule has 0 radical (unpaired) electrons. The Bertz CT molecular complexity index is 637. The zero-order valence-corrected chi connectivity index (χ0v) is 11.7. The molecule has 1 amide bonds. The van der Waals surface area contributed by atoms with Gasteiger partial charge in [-0.3, -0.25) is 9.48 Å². The van der Waals surface area contributed by atoms with Crippen molar-refractivity contribution in [1.29, 1.82) is 0 Å². The van der Waals surface area contributed by atoms with Gasteiger partial charge in [-0.05, 0) is 29.8 Å². The molecule has 1 aliphatic heterocycles. The molecule has 1 aromatic heterocycles. The normalized spacial score (nSPS) is 21.4. The molecule has 1 aromatic carbocycles. The molecule has 2 aromatic rings. The van der Waals surface area contributed by atoms with Crippen molar-refractivity contribution in [3.63, 3.8) is 0 Å². The van der Waals surface area contributed by atoms with Crippen LogP contribution in [0.4, 0.5) is 10.1 Å². The lowest BCUT2D eigenvalue weighted by molar-refractivity contribution is -0.119. The van der Waals surface area contributed by atoms with Gasteiger partial charge in [0.25, 0.3) is 0 Å². The molecule has 0 spiro atoms. The number of rotatable bonds is 3. The quantitative estimate of drug-likeness (QED) is 0.900. The molecule has 2 atom stereocenters. The van der Waals surface area contributed by atoms with E-state index in [1.165, 1.54) is 12.1 Å². The molecule has 0 unspecified atom stereocenters. The average molecular weight is 288 g/mol. The lowest BCUT2D eigenvalue weighted by Gasteiger charge is -2.17. The van der Waals surface area contributed by atoms with E-state index in [1.807, 2.05) is 13.2 Å². The van der Waals surface area contributed by atoms with Crippen molar-refractivity contribution in [2.45, 2.75) is 5.92 Å². The maximum atomic E-state index is 12.9. The van der Waals surface area contributed by atoms with E-state index in [0.29, 0.717) is 12.2 Å². The molecule has 6 heteroatoms. The van der Waals surface area contributed by atoms with Gasteiger partial charge in [0.1, 0.15) is 5.82 Å². The SMILES string of the molecule is Cn1cc([C@H]2CNC[C@@H]2C(=O)Nc2ccc(F)cc2)cn1. The highest BCUT2D eigenvalue weighted by Crippen LogP contribution is 2.28. The van der Waals surface area contributed by atoms with Crippen molar-refractivity contribution in [2.75, 3.05) is 18.4 Å². The minimum atomic E-state index is -0.316. The topological polar surface area (TPSA) is 59.0 Å². The van der Waals surface area contributed by atoms with Gasteiger partial charge >= 0.3 is 0 Å². The summed E-state index contributed by atoms with van der Waals surface area (Å²) in [6.07, 6.45) is 3.74. The Morgan fingerprint density at radius 3 is 2.81 bits per heavy atom. The molecule has 5 nitrogen and oxygen atoms in total. The second-order valence-corrected chi connectivity index (χ2v) is 5.31. The Morgan fingerprint density at radius 1 is 1.38 bits per heavy atom. The van der Waals surface area contributed by atoms with E-state index in [1.54, 1.807) is 23.0 Å². The number of nitrogens with zero attached hydrogens (tertiary/aromatic N) is 2. The monoisotopic (exact) mass is 288 g/mol. The van der Waals surface area contributed by atoms with Crippen molar-refractivity contribution < 1.29 is 9.18 Å². The van der Waals surface area contributed by atoms with Crippen LogP contribution in [-0.2, 0) is 11.8 Å². The highest BCUT2D eigenvalue weighted by Gasteiger charge is 2.34. The van der Waals surface area contributed by atoms with Crippen molar-refractivity contribution in [3.8, 4) is 0 Å². The number of carbonyl (C=O) groups is 1. The van der Waals surface area contributed by atoms with E-state index in [9.17, 15) is 9.18 Å². The second kappa shape index (κ2) is 5.65. The number of carbonyl (C=O) groups excluding carboxylic acids is 1. The summed E-state index contributed by atoms with van der Waals surface area (Å²) in [6, 6.07) is 5.80. The van der Waals surface area contributed by atoms with E-state index in [0.717, 1.165) is 12.1 Å². The van der Waals surface area contributed by atoms with Gasteiger partial charge < -0.3 is 10.6 Å². The first-order valence-corrected chi connectivity index (χ1v) is 6.89. The highest BCUT2D eigenvalue weighted by molar-refractivity contribution is 5.93. The van der Waals surface area contributed by atoms with E-state index >= 15 is 0 Å². The van der Waals surface area contributed by atoms with Crippen LogP contribution in [0.25, 0.3) is 0 Å². The summed E-state index contributed by atoms with van der Waals surface area (Å²) in [4.78, 5) is 12.4. The standard InChI is InChI=1S/C15H17FN4O/c1-20-9-10(6-18-20)13-7-17-8-14(13)15(21)19-12-4-2-11(16)3-5-12/h2-6,9,13-14,17H,7-8H2,1H3,(H,19,21)/t13-,14+/m1/s1. The number of aromatic nitrogens is 2. The largest absolute Gasteiger partial charge is 0.326 e. The Labute approximate surface area is 122 Å². The molecule has 21 heavy (non-hydrogen) atoms. The number of hydrogen-bond donors (Lipinski definition) is 2. The van der Waals surface area contributed by atoms with Gasteiger partial charge in [0.05, 0.1) is 12.1 Å². The van der Waals surface area contributed by atoms with Crippen LogP contribution < -0.4 is 10.6 Å². The first-order chi connectivity index (χ1) is 10.1. The van der Waals surface area contributed by atoms with Crippen LogP contribution in [0.2, 0.25) is 0 Å². The van der Waals surface area contributed by atoms with Crippen LogP contribution in [0.1, 0.15) is 11.5 Å². The molecular formula is C15H17FN4O. The maximum Gasteiger partial charge on any atom is 0.229 e. The van der Waals surface area contributed by atoms with Gasteiger partial charge in [0.15, 0.2) is 0 Å². The van der Waals surface area contributed by atoms with Crippen molar-refractivity contribution >= 4 is 11.6 Å². The zero-order valence-electron chi connectivity index (χ0n) is 11.7. The molecule has 1 aliphatic rings. The van der Waals surface area contributed by atoms with E-state index in [2.05, 4.69) is 15.7 Å². The van der Waals surface area contributed by atoms with Crippen molar-refractivity contribution in [2.24, 2.45) is 13.0 Å². The Hall–Kier alpha value is -2.21. The predicted molar refractivity (Wildman–Crippen MR) is 77.3 cm³/mol. The number of aryl methyl sites for hydroxylation is 1. The summed E-state index contributed by atoms with van der Waals surface area (Å²) >= 11 is 0. The minimum Gasteiger partial charge on any atom is -0.326 e. The summed E-state index contributed by atoms with van der Waals surface area (Å²) in [5.41, 5.74) is 1.67. The molecule has 1 fully saturated rings. The van der Waals surface area contributed by atoms with Crippen molar-refractivity contribution in [1.82, 2.24) is 15.1 Å². The summed E-state index contributed by atoms with van der Waals surface area (Å²) in [7, 11) is 1.86. The average Bonchev–Trinajstić information content (AvgIpc) is 3.09. The van der Waals surface area contributed by atoms with Gasteiger partial charge in [-0.15, -0.1) is 0 Å². The smallest absolute Gasteiger partial charge is 0.229 e. The lowest BCUT2D eigenvalue weighted by Crippen LogP contribution is -2.28. The van der Waals surface area contributed by atoms with Crippen LogP contribution in [0, 0.1) is 11.7 Å². The third-order valence-corrected chi connectivity index (χ3v) is 3.82. The van der Waals surface area contributed by atoms with Crippen LogP contribution in [0.5, 0.6) is 0 Å². The lowest BCUT2D eigenvalue weighted by atomic mass is 9.90. The molecule has 2 heterocycles. The summed E-state index contributed by atoms with van der Waals surface area (Å²) < 4.78 is 14.6. The molecule has 1 saturated heterocycles. The van der Waals surface area contributed by atoms with E-state index in [4.69, 9.17) is 0 Å². The summed E-state index contributed by atoms with van der Waals surface area (Å²) in [5, 5.41) is 10.3. The number of anilines is 1. The summed E-state index contributed by atoms with van der Waals surface area (Å²) in [6.45, 7) is 1.39. The van der Waals surface area contributed by atoms with Gasteiger partial charge in [0, 0.05) is 37.9 Å². The zero-order chi connectivity index (χ0) is 14.8. The molecule has 2 N–H and O–H groups in total. The molecule has 3 rings (SSSR count). The molecule has 0 aliphatic carbocycles. The number of benzene rings is 1. The van der Waals surface area contributed by atoms with Gasteiger partial charge in [-0.2, -0.15) is 5.10 Å². The first-order valence-electron chi connectivity index (χ1n) is 6.89. The molecular weight excluding hydrogens is 271 g/mol. The fourth-order valence-corrected chi connectivity index (χ4v) is 2.70. The third-order valence-electron chi connectivity index (χ3n) is 3.82. The predicted octanol–water partition coefficient (Wildman–Crippen LogP) is 1.50. The fraction of sp³-hybridized carbons (Fsp3) is 0.333. The molecule has 0 bridgehead atoms. The number of hydrogen-bond acceptors (Lipinski definition) is 3. The number of nitrogens with one attached hydrogen (secondary N) is 2. The Kier molecular flexibility index (Phi) is 3.70. The first kappa shape index (κ1) is 13.8. The van der Waals surface area contributed by atoms with E-state index < -0.39 is 0 Å². The molecule has 0 saturated carbocycles. The number of halogens is 1. The van der Waals surface area contributed by atoms with Gasteiger partial charge in [-0.1, -0.05) is 0 Å². The Balaban J connectivity index is 1.72. The van der Waals surface area contributed by atoms with Crippen LogP contribution in [0.15, 0.2) is 36.7 Å². The van der Waals surface area contributed by atoms with Crippen LogP contribution >= 0.6 is 0 Å². The number of amides is 1. The highest BCUT2D eigenvalue weighted by atomic mass is 19.1. The van der Waals surface area contributed by atoms with Gasteiger partial charge in [0.2, 0.25) is 5.91 Å². The van der Waals surface area contributed by atoms with Crippen LogP contribution in [-0.4, -0.2) is 28.8 Å². The summed E-state index contributed by atoms with van der Waals surface area (Å²) in [5.74, 6) is -0.414. The van der Waals surface area contributed by atoms with Gasteiger partial charge in [-0.25, -0.2) is 4.39 Å². The van der Waals surface area contributed by atoms with Crippen molar-refractivity contribution in [3.05, 3.63) is 48.0 Å². The Morgan fingerprint density at radius 2 is 2.14 bits per heavy atom. The minimum absolute atomic E-state index is 0.0551. The maximum absolute atomic E-state index is 12.9. The molecule has 110 valence electrons.